The average Bonchev–Trinajstić information content (AvgIpc) is 2.30. The van der Waals surface area contributed by atoms with Crippen molar-refractivity contribution < 1.29 is 15.0 Å². The Morgan fingerprint density at radius 1 is 1.41 bits per heavy atom. The Morgan fingerprint density at radius 3 is 2.59 bits per heavy atom. The van der Waals surface area contributed by atoms with E-state index < -0.39 is 11.9 Å². The lowest BCUT2D eigenvalue weighted by atomic mass is 9.90. The van der Waals surface area contributed by atoms with Crippen LogP contribution in [-0.2, 0) is 11.2 Å². The van der Waals surface area contributed by atoms with Gasteiger partial charge in [-0.3, -0.25) is 4.79 Å². The van der Waals surface area contributed by atoms with Gasteiger partial charge >= 0.3 is 5.97 Å². The van der Waals surface area contributed by atoms with Crippen LogP contribution in [0.3, 0.4) is 0 Å². The van der Waals surface area contributed by atoms with Gasteiger partial charge in [-0.2, -0.15) is 0 Å². The molecule has 1 aromatic carbocycles. The quantitative estimate of drug-likeness (QED) is 0.849. The van der Waals surface area contributed by atoms with Crippen molar-refractivity contribution in [1.82, 2.24) is 0 Å². The van der Waals surface area contributed by atoms with E-state index in [9.17, 15) is 9.90 Å². The lowest BCUT2D eigenvalue weighted by molar-refractivity contribution is -0.142. The molecular formula is C13H17BrO3. The van der Waals surface area contributed by atoms with Gasteiger partial charge in [0, 0.05) is 11.1 Å². The number of aliphatic hydroxyl groups is 1. The van der Waals surface area contributed by atoms with Gasteiger partial charge in [-0.25, -0.2) is 0 Å². The maximum Gasteiger partial charge on any atom is 0.306 e. The molecule has 0 saturated heterocycles. The monoisotopic (exact) mass is 300 g/mol. The Labute approximate surface area is 110 Å². The molecule has 2 N–H and O–H groups in total. The van der Waals surface area contributed by atoms with Crippen LogP contribution in [0.1, 0.15) is 18.9 Å². The van der Waals surface area contributed by atoms with Gasteiger partial charge in [0.1, 0.15) is 0 Å². The summed E-state index contributed by atoms with van der Waals surface area (Å²) < 4.78 is 0.933. The van der Waals surface area contributed by atoms with E-state index in [2.05, 4.69) is 15.9 Å². The fraction of sp³-hybridized carbons (Fsp3) is 0.462. The highest BCUT2D eigenvalue weighted by Gasteiger charge is 2.21. The molecule has 0 saturated carbocycles. The summed E-state index contributed by atoms with van der Waals surface area (Å²) in [7, 11) is 0. The minimum atomic E-state index is -0.805. The van der Waals surface area contributed by atoms with Gasteiger partial charge in [-0.05, 0) is 30.4 Å². The molecule has 0 radical (unpaired) electrons. The van der Waals surface area contributed by atoms with Crippen molar-refractivity contribution in [2.75, 3.05) is 6.61 Å². The van der Waals surface area contributed by atoms with Gasteiger partial charge in [0.15, 0.2) is 0 Å². The summed E-state index contributed by atoms with van der Waals surface area (Å²) in [6.07, 6.45) is 0.980. The summed E-state index contributed by atoms with van der Waals surface area (Å²) in [6.45, 7) is 1.88. The third-order valence-corrected chi connectivity index (χ3v) is 3.55. The second kappa shape index (κ2) is 6.77. The zero-order chi connectivity index (χ0) is 12.8. The SMILES string of the molecule is CC(CO)CC(Cc1ccccc1Br)C(=O)O. The molecule has 0 amide bonds. The van der Waals surface area contributed by atoms with Crippen LogP contribution in [0.5, 0.6) is 0 Å². The number of rotatable bonds is 6. The van der Waals surface area contributed by atoms with Gasteiger partial charge in [0.05, 0.1) is 5.92 Å². The molecule has 0 bridgehead atoms. The Hall–Kier alpha value is -0.870. The molecule has 0 aliphatic rings. The molecule has 0 heterocycles. The molecule has 0 aromatic heterocycles. The molecule has 1 rings (SSSR count). The van der Waals surface area contributed by atoms with E-state index in [-0.39, 0.29) is 12.5 Å². The van der Waals surface area contributed by atoms with Crippen molar-refractivity contribution in [3.05, 3.63) is 34.3 Å². The molecule has 0 aliphatic carbocycles. The van der Waals surface area contributed by atoms with Crippen LogP contribution in [0.25, 0.3) is 0 Å². The van der Waals surface area contributed by atoms with Crippen molar-refractivity contribution in [3.63, 3.8) is 0 Å². The molecule has 1 aromatic rings. The van der Waals surface area contributed by atoms with Crippen LogP contribution in [0.4, 0.5) is 0 Å². The van der Waals surface area contributed by atoms with Gasteiger partial charge in [-0.1, -0.05) is 41.1 Å². The van der Waals surface area contributed by atoms with Crippen LogP contribution in [0.15, 0.2) is 28.7 Å². The van der Waals surface area contributed by atoms with E-state index >= 15 is 0 Å². The lowest BCUT2D eigenvalue weighted by Gasteiger charge is -2.16. The van der Waals surface area contributed by atoms with E-state index in [1.54, 1.807) is 0 Å². The number of aliphatic hydroxyl groups excluding tert-OH is 1. The standard InChI is InChI=1S/C13H17BrO3/c1-9(8-15)6-11(13(16)17)7-10-4-2-3-5-12(10)14/h2-5,9,11,15H,6-8H2,1H3,(H,16,17). The van der Waals surface area contributed by atoms with Crippen LogP contribution in [0.2, 0.25) is 0 Å². The zero-order valence-corrected chi connectivity index (χ0v) is 11.4. The fourth-order valence-electron chi connectivity index (χ4n) is 1.76. The molecule has 0 fully saturated rings. The van der Waals surface area contributed by atoms with Crippen molar-refractivity contribution in [2.24, 2.45) is 11.8 Å². The number of carboxylic acids is 1. The Bertz CT molecular complexity index is 379. The van der Waals surface area contributed by atoms with Crippen LogP contribution in [0, 0.1) is 11.8 Å². The Kier molecular flexibility index (Phi) is 5.65. The number of aliphatic carboxylic acids is 1. The first-order valence-electron chi connectivity index (χ1n) is 5.61. The molecule has 4 heteroatoms. The highest BCUT2D eigenvalue weighted by molar-refractivity contribution is 9.10. The molecule has 2 unspecified atom stereocenters. The third kappa shape index (κ3) is 4.48. The number of benzene rings is 1. The minimum absolute atomic E-state index is 0.0126. The summed E-state index contributed by atoms with van der Waals surface area (Å²) in [6, 6.07) is 7.63. The number of hydrogen-bond acceptors (Lipinski definition) is 2. The molecule has 94 valence electrons. The van der Waals surface area contributed by atoms with Gasteiger partial charge in [-0.15, -0.1) is 0 Å². The second-order valence-electron chi connectivity index (χ2n) is 4.35. The minimum Gasteiger partial charge on any atom is -0.481 e. The van der Waals surface area contributed by atoms with Crippen LogP contribution < -0.4 is 0 Å². The predicted molar refractivity (Wildman–Crippen MR) is 69.8 cm³/mol. The van der Waals surface area contributed by atoms with Crippen LogP contribution in [-0.4, -0.2) is 22.8 Å². The maximum atomic E-state index is 11.2. The molecule has 2 atom stereocenters. The Balaban J connectivity index is 2.74. The van der Waals surface area contributed by atoms with Crippen molar-refractivity contribution in [2.45, 2.75) is 19.8 Å². The van der Waals surface area contributed by atoms with E-state index in [1.165, 1.54) is 0 Å². The highest BCUT2D eigenvalue weighted by Crippen LogP contribution is 2.23. The average molecular weight is 301 g/mol. The molecule has 0 spiro atoms. The summed E-state index contributed by atoms with van der Waals surface area (Å²) in [4.78, 5) is 11.2. The number of halogens is 1. The number of hydrogen-bond donors (Lipinski definition) is 2. The normalized spacial score (nSPS) is 14.3. The number of carbonyl (C=O) groups is 1. The van der Waals surface area contributed by atoms with E-state index in [0.29, 0.717) is 12.8 Å². The Morgan fingerprint density at radius 2 is 2.06 bits per heavy atom. The largest absolute Gasteiger partial charge is 0.481 e. The smallest absolute Gasteiger partial charge is 0.306 e. The summed E-state index contributed by atoms with van der Waals surface area (Å²) in [5, 5.41) is 18.2. The predicted octanol–water partition coefficient (Wildman–Crippen LogP) is 2.71. The maximum absolute atomic E-state index is 11.2. The fourth-order valence-corrected chi connectivity index (χ4v) is 2.21. The van der Waals surface area contributed by atoms with Crippen molar-refractivity contribution in [1.29, 1.82) is 0 Å². The second-order valence-corrected chi connectivity index (χ2v) is 5.21. The van der Waals surface area contributed by atoms with Gasteiger partial charge in [0.25, 0.3) is 0 Å². The lowest BCUT2D eigenvalue weighted by Crippen LogP contribution is -2.20. The topological polar surface area (TPSA) is 57.5 Å². The van der Waals surface area contributed by atoms with Crippen molar-refractivity contribution >= 4 is 21.9 Å². The first kappa shape index (κ1) is 14.2. The molecule has 0 aliphatic heterocycles. The summed E-state index contributed by atoms with van der Waals surface area (Å²) in [5.74, 6) is -1.24. The van der Waals surface area contributed by atoms with Gasteiger partial charge < -0.3 is 10.2 Å². The highest BCUT2D eigenvalue weighted by atomic mass is 79.9. The summed E-state index contributed by atoms with van der Waals surface area (Å²) >= 11 is 3.41. The van der Waals surface area contributed by atoms with E-state index in [1.807, 2.05) is 31.2 Å². The van der Waals surface area contributed by atoms with Gasteiger partial charge in [0.2, 0.25) is 0 Å². The van der Waals surface area contributed by atoms with E-state index in [4.69, 9.17) is 5.11 Å². The first-order valence-corrected chi connectivity index (χ1v) is 6.41. The molecular weight excluding hydrogens is 284 g/mol. The zero-order valence-electron chi connectivity index (χ0n) is 9.77. The van der Waals surface area contributed by atoms with Crippen molar-refractivity contribution in [3.8, 4) is 0 Å². The molecule has 3 nitrogen and oxygen atoms in total. The molecule has 17 heavy (non-hydrogen) atoms. The number of carboxylic acid groups (broad SMARTS) is 1. The van der Waals surface area contributed by atoms with Crippen LogP contribution >= 0.6 is 15.9 Å². The summed E-state index contributed by atoms with van der Waals surface area (Å²) in [5.41, 5.74) is 0.991. The van der Waals surface area contributed by atoms with E-state index in [0.717, 1.165) is 10.0 Å². The first-order chi connectivity index (χ1) is 8.04. The third-order valence-electron chi connectivity index (χ3n) is 2.77.